The van der Waals surface area contributed by atoms with E-state index in [0.29, 0.717) is 6.42 Å². The first kappa shape index (κ1) is 15.0. The predicted molar refractivity (Wildman–Crippen MR) is 80.5 cm³/mol. The zero-order valence-corrected chi connectivity index (χ0v) is 13.0. The molecule has 20 heavy (non-hydrogen) atoms. The van der Waals surface area contributed by atoms with Gasteiger partial charge in [0.1, 0.15) is 5.75 Å². The van der Waals surface area contributed by atoms with Crippen LogP contribution in [0, 0.1) is 0 Å². The summed E-state index contributed by atoms with van der Waals surface area (Å²) < 4.78 is 26.3. The van der Waals surface area contributed by atoms with Crippen molar-refractivity contribution in [1.82, 2.24) is 4.31 Å². The van der Waals surface area contributed by atoms with Crippen LogP contribution in [-0.4, -0.2) is 30.9 Å². The molecule has 1 aromatic carbocycles. The van der Waals surface area contributed by atoms with Gasteiger partial charge < -0.3 is 5.11 Å². The van der Waals surface area contributed by atoms with Gasteiger partial charge >= 0.3 is 0 Å². The number of likely N-dealkylation sites (N-methyl/N-ethyl adjacent to an activating group) is 1. The molecule has 0 amide bonds. The van der Waals surface area contributed by atoms with E-state index in [0.717, 1.165) is 4.88 Å². The molecule has 6 heteroatoms. The van der Waals surface area contributed by atoms with Crippen molar-refractivity contribution in [1.29, 1.82) is 0 Å². The first-order valence-electron chi connectivity index (χ1n) is 6.20. The van der Waals surface area contributed by atoms with Crippen molar-refractivity contribution in [2.75, 3.05) is 7.05 Å². The Balaban J connectivity index is 2.18. The summed E-state index contributed by atoms with van der Waals surface area (Å²) in [5.41, 5.74) is 0. The molecule has 0 bridgehead atoms. The topological polar surface area (TPSA) is 57.6 Å². The van der Waals surface area contributed by atoms with E-state index in [1.165, 1.54) is 28.6 Å². The lowest BCUT2D eigenvalue weighted by molar-refractivity contribution is 0.388. The molecule has 1 unspecified atom stereocenters. The molecule has 0 spiro atoms. The van der Waals surface area contributed by atoms with E-state index in [9.17, 15) is 13.5 Å². The number of benzene rings is 1. The molecule has 1 atom stereocenters. The largest absolute Gasteiger partial charge is 0.508 e. The summed E-state index contributed by atoms with van der Waals surface area (Å²) in [6.45, 7) is 1.89. The van der Waals surface area contributed by atoms with Gasteiger partial charge in [0, 0.05) is 18.0 Å². The maximum atomic E-state index is 12.5. The first-order chi connectivity index (χ1) is 9.41. The van der Waals surface area contributed by atoms with Gasteiger partial charge in [-0.1, -0.05) is 6.07 Å². The highest BCUT2D eigenvalue weighted by molar-refractivity contribution is 7.89. The lowest BCUT2D eigenvalue weighted by Crippen LogP contribution is -2.36. The quantitative estimate of drug-likeness (QED) is 0.923. The Kier molecular flexibility index (Phi) is 4.47. The van der Waals surface area contributed by atoms with Crippen LogP contribution in [0.4, 0.5) is 0 Å². The predicted octanol–water partition coefficient (Wildman–Crippen LogP) is 2.71. The molecule has 1 heterocycles. The van der Waals surface area contributed by atoms with Crippen molar-refractivity contribution in [3.63, 3.8) is 0 Å². The number of rotatable bonds is 5. The Morgan fingerprint density at radius 1 is 1.25 bits per heavy atom. The van der Waals surface area contributed by atoms with Crippen molar-refractivity contribution in [3.05, 3.63) is 46.7 Å². The zero-order chi connectivity index (χ0) is 14.8. The molecule has 4 nitrogen and oxygen atoms in total. The minimum Gasteiger partial charge on any atom is -0.508 e. The molecule has 1 aromatic heterocycles. The number of phenolic OH excluding ortho intramolecular Hbond substituents is 1. The lowest BCUT2D eigenvalue weighted by Gasteiger charge is -2.24. The third kappa shape index (κ3) is 3.20. The molecule has 108 valence electrons. The van der Waals surface area contributed by atoms with Crippen LogP contribution in [0.15, 0.2) is 46.7 Å². The normalized spacial score (nSPS) is 13.6. The highest BCUT2D eigenvalue weighted by Crippen LogP contribution is 2.21. The fourth-order valence-electron chi connectivity index (χ4n) is 1.87. The number of sulfonamides is 1. The molecule has 0 saturated heterocycles. The van der Waals surface area contributed by atoms with Gasteiger partial charge in [0.15, 0.2) is 0 Å². The van der Waals surface area contributed by atoms with E-state index in [2.05, 4.69) is 0 Å². The van der Waals surface area contributed by atoms with Crippen LogP contribution < -0.4 is 0 Å². The van der Waals surface area contributed by atoms with Gasteiger partial charge in [-0.2, -0.15) is 4.31 Å². The molecule has 0 aliphatic carbocycles. The third-order valence-corrected chi connectivity index (χ3v) is 6.10. The van der Waals surface area contributed by atoms with Gasteiger partial charge in [-0.3, -0.25) is 0 Å². The summed E-state index contributed by atoms with van der Waals surface area (Å²) in [6, 6.07) is 9.42. The number of thiophene rings is 1. The number of nitrogens with zero attached hydrogens (tertiary/aromatic N) is 1. The minimum absolute atomic E-state index is 0.0539. The Bertz CT molecular complexity index is 648. The van der Waals surface area contributed by atoms with Crippen LogP contribution >= 0.6 is 11.3 Å². The summed E-state index contributed by atoms with van der Waals surface area (Å²) >= 11 is 1.62. The van der Waals surface area contributed by atoms with E-state index >= 15 is 0 Å². The summed E-state index contributed by atoms with van der Waals surface area (Å²) in [6.07, 6.45) is 0.686. The molecule has 0 aliphatic heterocycles. The second-order valence-electron chi connectivity index (χ2n) is 4.65. The number of phenols is 1. The number of aromatic hydroxyl groups is 1. The van der Waals surface area contributed by atoms with Crippen LogP contribution in [0.5, 0.6) is 5.75 Å². The Morgan fingerprint density at radius 3 is 2.45 bits per heavy atom. The van der Waals surface area contributed by atoms with Gasteiger partial charge in [-0.25, -0.2) is 8.42 Å². The van der Waals surface area contributed by atoms with Crippen molar-refractivity contribution in [2.45, 2.75) is 24.3 Å². The Morgan fingerprint density at radius 2 is 1.90 bits per heavy atom. The van der Waals surface area contributed by atoms with Gasteiger partial charge in [0.2, 0.25) is 10.0 Å². The summed E-state index contributed by atoms with van der Waals surface area (Å²) in [5, 5.41) is 11.2. The second-order valence-corrected chi connectivity index (χ2v) is 7.68. The molecule has 0 fully saturated rings. The van der Waals surface area contributed by atoms with E-state index in [1.807, 2.05) is 24.4 Å². The molecular weight excluding hydrogens is 294 g/mol. The molecule has 2 aromatic rings. The number of hydrogen-bond donors (Lipinski definition) is 1. The molecular formula is C14H17NO3S2. The first-order valence-corrected chi connectivity index (χ1v) is 8.52. The van der Waals surface area contributed by atoms with Crippen molar-refractivity contribution >= 4 is 21.4 Å². The highest BCUT2D eigenvalue weighted by Gasteiger charge is 2.25. The van der Waals surface area contributed by atoms with Crippen LogP contribution in [-0.2, 0) is 16.4 Å². The Labute approximate surface area is 123 Å². The van der Waals surface area contributed by atoms with Crippen molar-refractivity contribution in [3.8, 4) is 5.75 Å². The fourth-order valence-corrected chi connectivity index (χ4v) is 4.06. The van der Waals surface area contributed by atoms with Crippen LogP contribution in [0.3, 0.4) is 0 Å². The van der Waals surface area contributed by atoms with Crippen molar-refractivity contribution in [2.24, 2.45) is 0 Å². The van der Waals surface area contributed by atoms with E-state index in [1.54, 1.807) is 18.4 Å². The number of hydrogen-bond acceptors (Lipinski definition) is 4. The van der Waals surface area contributed by atoms with Gasteiger partial charge in [0.25, 0.3) is 0 Å². The zero-order valence-electron chi connectivity index (χ0n) is 11.4. The monoisotopic (exact) mass is 311 g/mol. The van der Waals surface area contributed by atoms with E-state index in [-0.39, 0.29) is 16.7 Å². The SMILES string of the molecule is CC(Cc1cccs1)N(C)S(=O)(=O)c1ccc(O)cc1. The standard InChI is InChI=1S/C14H17NO3S2/c1-11(10-13-4-3-9-19-13)15(2)20(17,18)14-7-5-12(16)6-8-14/h3-9,11,16H,10H2,1-2H3. The summed E-state index contributed by atoms with van der Waals surface area (Å²) in [4.78, 5) is 1.35. The molecule has 0 aliphatic rings. The summed E-state index contributed by atoms with van der Waals surface area (Å²) in [5.74, 6) is 0.0539. The van der Waals surface area contributed by atoms with E-state index < -0.39 is 10.0 Å². The van der Waals surface area contributed by atoms with Crippen LogP contribution in [0.25, 0.3) is 0 Å². The average molecular weight is 311 g/mol. The maximum absolute atomic E-state index is 12.5. The smallest absolute Gasteiger partial charge is 0.243 e. The lowest BCUT2D eigenvalue weighted by atomic mass is 10.2. The molecule has 0 saturated carbocycles. The summed E-state index contributed by atoms with van der Waals surface area (Å²) in [7, 11) is -1.95. The van der Waals surface area contributed by atoms with E-state index in [4.69, 9.17) is 0 Å². The maximum Gasteiger partial charge on any atom is 0.243 e. The highest BCUT2D eigenvalue weighted by atomic mass is 32.2. The van der Waals surface area contributed by atoms with Crippen LogP contribution in [0.1, 0.15) is 11.8 Å². The van der Waals surface area contributed by atoms with Crippen molar-refractivity contribution < 1.29 is 13.5 Å². The minimum atomic E-state index is -3.53. The average Bonchev–Trinajstić information content (AvgIpc) is 2.91. The van der Waals surface area contributed by atoms with Crippen LogP contribution in [0.2, 0.25) is 0 Å². The third-order valence-electron chi connectivity index (χ3n) is 3.21. The van der Waals surface area contributed by atoms with Gasteiger partial charge in [0.05, 0.1) is 4.90 Å². The van der Waals surface area contributed by atoms with Gasteiger partial charge in [-0.15, -0.1) is 11.3 Å². The second kappa shape index (κ2) is 5.95. The molecule has 0 radical (unpaired) electrons. The molecule has 2 rings (SSSR count). The van der Waals surface area contributed by atoms with Gasteiger partial charge in [-0.05, 0) is 49.1 Å². The fraction of sp³-hybridized carbons (Fsp3) is 0.286. The molecule has 1 N–H and O–H groups in total. The Hall–Kier alpha value is -1.37.